The quantitative estimate of drug-likeness (QED) is 0.669. The number of aromatic nitrogens is 2. The molecule has 1 amide bonds. The predicted octanol–water partition coefficient (Wildman–Crippen LogP) is 4.41. The van der Waals surface area contributed by atoms with Crippen LogP contribution in [-0.2, 0) is 6.54 Å². The second-order valence-electron chi connectivity index (χ2n) is 5.52. The lowest BCUT2D eigenvalue weighted by Crippen LogP contribution is -2.16. The van der Waals surface area contributed by atoms with Crippen molar-refractivity contribution < 1.29 is 4.79 Å². The van der Waals surface area contributed by atoms with Crippen LogP contribution in [0.15, 0.2) is 65.1 Å². The molecule has 0 atom stereocenters. The molecule has 0 radical (unpaired) electrons. The molecule has 2 N–H and O–H groups in total. The van der Waals surface area contributed by atoms with E-state index in [9.17, 15) is 4.79 Å². The minimum absolute atomic E-state index is 0.268. The average molecular weight is 397 g/mol. The summed E-state index contributed by atoms with van der Waals surface area (Å²) in [6, 6.07) is 19.0. The Morgan fingerprint density at radius 2 is 1.76 bits per heavy atom. The van der Waals surface area contributed by atoms with Crippen LogP contribution in [0.4, 0.5) is 11.6 Å². The summed E-state index contributed by atoms with van der Waals surface area (Å²) in [7, 11) is 0. The number of nitrogens with one attached hydrogen (secondary N) is 2. The Bertz CT molecular complexity index is 866. The van der Waals surface area contributed by atoms with E-state index in [4.69, 9.17) is 0 Å². The molecule has 5 nitrogen and oxygen atoms in total. The molecule has 0 aliphatic rings. The largest absolute Gasteiger partial charge is 0.350 e. The minimum Gasteiger partial charge on any atom is -0.350 e. The fourth-order valence-corrected chi connectivity index (χ4v) is 2.53. The fourth-order valence-electron chi connectivity index (χ4n) is 2.27. The summed E-state index contributed by atoms with van der Waals surface area (Å²) in [5.41, 5.74) is 2.88. The summed E-state index contributed by atoms with van der Waals surface area (Å²) in [5, 5.41) is 6.00. The number of carbonyl (C=O) groups excluding carboxylic acids is 1. The van der Waals surface area contributed by atoms with Crippen molar-refractivity contribution in [3.63, 3.8) is 0 Å². The van der Waals surface area contributed by atoms with Crippen molar-refractivity contribution in [1.82, 2.24) is 9.97 Å². The van der Waals surface area contributed by atoms with E-state index in [-0.39, 0.29) is 5.91 Å². The topological polar surface area (TPSA) is 66.9 Å². The molecule has 0 spiro atoms. The van der Waals surface area contributed by atoms with E-state index in [1.165, 1.54) is 0 Å². The number of rotatable bonds is 5. The number of amides is 1. The maximum absolute atomic E-state index is 12.4. The van der Waals surface area contributed by atoms with Crippen LogP contribution >= 0.6 is 15.9 Å². The third kappa shape index (κ3) is 4.87. The van der Waals surface area contributed by atoms with Gasteiger partial charge in [-0.25, -0.2) is 9.97 Å². The van der Waals surface area contributed by atoms with Crippen molar-refractivity contribution in [2.24, 2.45) is 0 Å². The number of aryl methyl sites for hydroxylation is 1. The van der Waals surface area contributed by atoms with Gasteiger partial charge in [-0.2, -0.15) is 0 Å². The summed E-state index contributed by atoms with van der Waals surface area (Å²) in [6.07, 6.45) is 0. The monoisotopic (exact) mass is 396 g/mol. The average Bonchev–Trinajstić information content (AvgIpc) is 2.62. The third-order valence-electron chi connectivity index (χ3n) is 3.48. The van der Waals surface area contributed by atoms with Crippen LogP contribution in [0.25, 0.3) is 0 Å². The maximum atomic E-state index is 12.4. The summed E-state index contributed by atoms with van der Waals surface area (Å²) < 4.78 is 0.954. The van der Waals surface area contributed by atoms with Crippen LogP contribution in [0.2, 0.25) is 0 Å². The first-order valence-corrected chi connectivity index (χ1v) is 8.60. The van der Waals surface area contributed by atoms with Crippen LogP contribution in [0.1, 0.15) is 21.7 Å². The number of hydrogen-bond acceptors (Lipinski definition) is 4. The molecule has 0 bridgehead atoms. The zero-order chi connectivity index (χ0) is 17.6. The highest BCUT2D eigenvalue weighted by atomic mass is 79.9. The van der Waals surface area contributed by atoms with Gasteiger partial charge in [0.2, 0.25) is 5.95 Å². The lowest BCUT2D eigenvalue weighted by molar-refractivity contribution is 0.102. The van der Waals surface area contributed by atoms with E-state index in [1.54, 1.807) is 6.07 Å². The number of halogens is 1. The molecule has 2 aromatic carbocycles. The van der Waals surface area contributed by atoms with Gasteiger partial charge in [-0.15, -0.1) is 0 Å². The van der Waals surface area contributed by atoms with Gasteiger partial charge in [0.1, 0.15) is 5.69 Å². The first-order chi connectivity index (χ1) is 12.1. The molecule has 25 heavy (non-hydrogen) atoms. The lowest BCUT2D eigenvalue weighted by Gasteiger charge is -2.09. The Morgan fingerprint density at radius 1 is 1.04 bits per heavy atom. The van der Waals surface area contributed by atoms with Crippen LogP contribution in [-0.4, -0.2) is 15.9 Å². The van der Waals surface area contributed by atoms with E-state index >= 15 is 0 Å². The Kier molecular flexibility index (Phi) is 5.40. The number of hydrogen-bond donors (Lipinski definition) is 2. The summed E-state index contributed by atoms with van der Waals surface area (Å²) in [4.78, 5) is 21.1. The first-order valence-electron chi connectivity index (χ1n) is 7.80. The van der Waals surface area contributed by atoms with Crippen molar-refractivity contribution in [1.29, 1.82) is 0 Å². The third-order valence-corrected chi connectivity index (χ3v) is 4.01. The normalized spacial score (nSPS) is 10.3. The number of carbonyl (C=O) groups is 1. The summed E-state index contributed by atoms with van der Waals surface area (Å²) in [6.45, 7) is 2.43. The molecule has 6 heteroatoms. The molecule has 1 heterocycles. The number of nitrogens with zero attached hydrogens (tertiary/aromatic N) is 2. The van der Waals surface area contributed by atoms with Crippen LogP contribution in [0.3, 0.4) is 0 Å². The Labute approximate surface area is 154 Å². The fraction of sp³-hybridized carbons (Fsp3) is 0.105. The smallest absolute Gasteiger partial charge is 0.274 e. The SMILES string of the molecule is Cc1cc(C(=O)Nc2ccc(Br)cc2)nc(NCc2ccccc2)n1. The molecule has 0 saturated carbocycles. The van der Waals surface area contributed by atoms with Gasteiger partial charge < -0.3 is 10.6 Å². The second kappa shape index (κ2) is 7.90. The van der Waals surface area contributed by atoms with E-state index < -0.39 is 0 Å². The maximum Gasteiger partial charge on any atom is 0.274 e. The molecule has 1 aromatic heterocycles. The molecular weight excluding hydrogens is 380 g/mol. The molecule has 126 valence electrons. The van der Waals surface area contributed by atoms with Gasteiger partial charge in [0.25, 0.3) is 5.91 Å². The van der Waals surface area contributed by atoms with Gasteiger partial charge in [0.15, 0.2) is 0 Å². The van der Waals surface area contributed by atoms with Crippen molar-refractivity contribution in [2.45, 2.75) is 13.5 Å². The van der Waals surface area contributed by atoms with Gasteiger partial charge in [-0.1, -0.05) is 46.3 Å². The first kappa shape index (κ1) is 17.1. The van der Waals surface area contributed by atoms with Crippen LogP contribution in [0.5, 0.6) is 0 Å². The van der Waals surface area contributed by atoms with Gasteiger partial charge in [0.05, 0.1) is 0 Å². The van der Waals surface area contributed by atoms with Crippen LogP contribution < -0.4 is 10.6 Å². The molecule has 3 aromatic rings. The summed E-state index contributed by atoms with van der Waals surface area (Å²) >= 11 is 3.37. The number of anilines is 2. The van der Waals surface area contributed by atoms with Gasteiger partial charge in [-0.05, 0) is 42.8 Å². The van der Waals surface area contributed by atoms with Crippen molar-refractivity contribution in [3.8, 4) is 0 Å². The Hall–Kier alpha value is -2.73. The summed E-state index contributed by atoms with van der Waals surface area (Å²) in [5.74, 6) is 0.167. The zero-order valence-electron chi connectivity index (χ0n) is 13.7. The van der Waals surface area contributed by atoms with Crippen molar-refractivity contribution in [3.05, 3.63) is 82.1 Å². The molecule has 0 fully saturated rings. The minimum atomic E-state index is -0.268. The van der Waals surface area contributed by atoms with E-state index in [1.807, 2.05) is 61.5 Å². The van der Waals surface area contributed by atoms with E-state index in [2.05, 4.69) is 36.5 Å². The lowest BCUT2D eigenvalue weighted by atomic mass is 10.2. The van der Waals surface area contributed by atoms with E-state index in [0.29, 0.717) is 23.9 Å². The molecule has 0 aliphatic carbocycles. The van der Waals surface area contributed by atoms with E-state index in [0.717, 1.165) is 15.7 Å². The Balaban J connectivity index is 1.72. The van der Waals surface area contributed by atoms with Gasteiger partial charge >= 0.3 is 0 Å². The predicted molar refractivity (Wildman–Crippen MR) is 103 cm³/mol. The zero-order valence-corrected chi connectivity index (χ0v) is 15.2. The van der Waals surface area contributed by atoms with Gasteiger partial charge in [0, 0.05) is 22.4 Å². The second-order valence-corrected chi connectivity index (χ2v) is 6.43. The number of benzene rings is 2. The van der Waals surface area contributed by atoms with Crippen molar-refractivity contribution >= 4 is 33.5 Å². The van der Waals surface area contributed by atoms with Crippen molar-refractivity contribution in [2.75, 3.05) is 10.6 Å². The molecule has 0 unspecified atom stereocenters. The standard InChI is InChI=1S/C19H17BrN4O/c1-13-11-17(18(25)23-16-9-7-15(20)8-10-16)24-19(22-13)21-12-14-5-3-2-4-6-14/h2-11H,12H2,1H3,(H,23,25)(H,21,22,24). The highest BCUT2D eigenvalue weighted by molar-refractivity contribution is 9.10. The Morgan fingerprint density at radius 3 is 2.48 bits per heavy atom. The van der Waals surface area contributed by atoms with Crippen LogP contribution in [0, 0.1) is 6.92 Å². The molecule has 3 rings (SSSR count). The molecule has 0 saturated heterocycles. The molecular formula is C19H17BrN4O. The molecule has 0 aliphatic heterocycles. The van der Waals surface area contributed by atoms with Gasteiger partial charge in [-0.3, -0.25) is 4.79 Å². The highest BCUT2D eigenvalue weighted by Gasteiger charge is 2.11. The highest BCUT2D eigenvalue weighted by Crippen LogP contribution is 2.15.